The van der Waals surface area contributed by atoms with Crippen molar-refractivity contribution < 1.29 is 0 Å². The van der Waals surface area contributed by atoms with Crippen LogP contribution < -0.4 is 0 Å². The van der Waals surface area contributed by atoms with Crippen LogP contribution in [0.1, 0.15) is 5.56 Å². The zero-order valence-corrected chi connectivity index (χ0v) is 10.2. The minimum absolute atomic E-state index is 1.01. The van der Waals surface area contributed by atoms with Gasteiger partial charge in [-0.2, -0.15) is 0 Å². The number of benzene rings is 1. The molecule has 0 aliphatic heterocycles. The molecule has 0 fully saturated rings. The van der Waals surface area contributed by atoms with Crippen LogP contribution in [0.25, 0.3) is 10.9 Å². The summed E-state index contributed by atoms with van der Waals surface area (Å²) in [6.45, 7) is 2.07. The molecule has 0 saturated heterocycles. The fourth-order valence-electron chi connectivity index (χ4n) is 1.25. The van der Waals surface area contributed by atoms with E-state index in [1.165, 1.54) is 5.56 Å². The van der Waals surface area contributed by atoms with Gasteiger partial charge in [0.1, 0.15) is 0 Å². The van der Waals surface area contributed by atoms with Gasteiger partial charge in [0.25, 0.3) is 0 Å². The molecule has 3 heteroatoms. The fraction of sp³-hybridized carbons (Fsp3) is 0.100. The molecule has 2 rings (SSSR count). The molecule has 0 bridgehead atoms. The molecular weight excluding hydrogens is 294 g/mol. The van der Waals surface area contributed by atoms with Gasteiger partial charge in [-0.15, -0.1) is 0 Å². The van der Waals surface area contributed by atoms with Crippen LogP contribution in [0, 0.1) is 6.92 Å². The van der Waals surface area contributed by atoms with E-state index in [1.54, 1.807) is 0 Å². The van der Waals surface area contributed by atoms with Gasteiger partial charge in [0.15, 0.2) is 0 Å². The summed E-state index contributed by atoms with van der Waals surface area (Å²) in [5, 5.41) is 1.15. The number of aromatic nitrogens is 1. The molecule has 0 aliphatic carbocycles. The Labute approximate surface area is 93.4 Å². The van der Waals surface area contributed by atoms with Crippen molar-refractivity contribution in [1.29, 1.82) is 0 Å². The quantitative estimate of drug-likeness (QED) is 0.715. The summed E-state index contributed by atoms with van der Waals surface area (Å²) in [6, 6.07) is 6.16. The summed E-state index contributed by atoms with van der Waals surface area (Å²) in [4.78, 5) is 4.31. The number of halogens is 2. The van der Waals surface area contributed by atoms with Gasteiger partial charge < -0.3 is 0 Å². The zero-order valence-electron chi connectivity index (χ0n) is 7.01. The van der Waals surface area contributed by atoms with E-state index in [2.05, 4.69) is 55.9 Å². The minimum Gasteiger partial charge on any atom is -0.255 e. The lowest BCUT2D eigenvalue weighted by molar-refractivity contribution is 1.36. The highest BCUT2D eigenvalue weighted by Gasteiger charge is 2.02. The van der Waals surface area contributed by atoms with E-state index in [9.17, 15) is 0 Å². The van der Waals surface area contributed by atoms with E-state index >= 15 is 0 Å². The highest BCUT2D eigenvalue weighted by Crippen LogP contribution is 2.27. The summed E-state index contributed by atoms with van der Waals surface area (Å²) in [5.41, 5.74) is 2.24. The average molecular weight is 301 g/mol. The smallest absolute Gasteiger partial charge is 0.0714 e. The number of pyridine rings is 1. The van der Waals surface area contributed by atoms with Gasteiger partial charge in [0, 0.05) is 20.5 Å². The number of fused-ring (bicyclic) bond motifs is 1. The lowest BCUT2D eigenvalue weighted by atomic mass is 10.1. The first kappa shape index (κ1) is 9.16. The second-order valence-corrected chi connectivity index (χ2v) is 4.63. The van der Waals surface area contributed by atoms with Gasteiger partial charge in [-0.25, -0.2) is 0 Å². The first-order chi connectivity index (χ1) is 6.18. The second-order valence-electron chi connectivity index (χ2n) is 2.92. The van der Waals surface area contributed by atoms with Crippen LogP contribution in [0.15, 0.2) is 33.3 Å². The van der Waals surface area contributed by atoms with E-state index in [4.69, 9.17) is 0 Å². The molecule has 0 N–H and O–H groups in total. The lowest BCUT2D eigenvalue weighted by Crippen LogP contribution is -1.82. The molecule has 0 amide bonds. The van der Waals surface area contributed by atoms with Gasteiger partial charge in [0.05, 0.1) is 5.52 Å². The zero-order chi connectivity index (χ0) is 9.42. The van der Waals surface area contributed by atoms with Gasteiger partial charge in [0.2, 0.25) is 0 Å². The number of aryl methyl sites for hydroxylation is 1. The molecule has 0 aliphatic rings. The fourth-order valence-corrected chi connectivity index (χ4v) is 2.03. The maximum Gasteiger partial charge on any atom is 0.0714 e. The molecule has 0 saturated carbocycles. The molecule has 2 aromatic rings. The molecule has 1 nitrogen and oxygen atoms in total. The summed E-state index contributed by atoms with van der Waals surface area (Å²) in [6.07, 6.45) is 1.81. The maximum absolute atomic E-state index is 4.31. The Morgan fingerprint density at radius 2 is 2.00 bits per heavy atom. The third-order valence-corrected chi connectivity index (χ3v) is 3.45. The van der Waals surface area contributed by atoms with Crippen LogP contribution in [-0.2, 0) is 0 Å². The van der Waals surface area contributed by atoms with Crippen LogP contribution in [0.5, 0.6) is 0 Å². The predicted molar refractivity (Wildman–Crippen MR) is 61.9 cm³/mol. The SMILES string of the molecule is Cc1ccc2ncc(Br)cc2c1Br. The number of hydrogen-bond donors (Lipinski definition) is 0. The van der Waals surface area contributed by atoms with Gasteiger partial charge >= 0.3 is 0 Å². The van der Waals surface area contributed by atoms with Crippen molar-refractivity contribution in [1.82, 2.24) is 4.98 Å². The summed E-state index contributed by atoms with van der Waals surface area (Å²) in [7, 11) is 0. The molecule has 1 aromatic carbocycles. The highest BCUT2D eigenvalue weighted by molar-refractivity contribution is 9.11. The summed E-state index contributed by atoms with van der Waals surface area (Å²) in [5.74, 6) is 0. The van der Waals surface area contributed by atoms with Crippen LogP contribution in [0.4, 0.5) is 0 Å². The predicted octanol–water partition coefficient (Wildman–Crippen LogP) is 4.07. The first-order valence-corrected chi connectivity index (χ1v) is 5.47. The normalized spacial score (nSPS) is 10.7. The Kier molecular flexibility index (Phi) is 2.39. The molecule has 0 radical (unpaired) electrons. The van der Waals surface area contributed by atoms with Crippen molar-refractivity contribution in [3.63, 3.8) is 0 Å². The third-order valence-electron chi connectivity index (χ3n) is 1.96. The molecular formula is C10H7Br2N. The van der Waals surface area contributed by atoms with Crippen molar-refractivity contribution in [2.24, 2.45) is 0 Å². The molecule has 0 atom stereocenters. The Balaban J connectivity index is 2.89. The standard InChI is InChI=1S/C10H7Br2N/c1-6-2-3-9-8(10(6)12)4-7(11)5-13-9/h2-5H,1H3. The lowest BCUT2D eigenvalue weighted by Gasteiger charge is -2.03. The Morgan fingerprint density at radius 1 is 1.23 bits per heavy atom. The average Bonchev–Trinajstić information content (AvgIpc) is 2.12. The molecule has 1 heterocycles. The Hall–Kier alpha value is -0.410. The van der Waals surface area contributed by atoms with Crippen molar-refractivity contribution in [3.8, 4) is 0 Å². The van der Waals surface area contributed by atoms with Crippen molar-refractivity contribution >= 4 is 42.8 Å². The van der Waals surface area contributed by atoms with Crippen molar-refractivity contribution in [3.05, 3.63) is 38.9 Å². The number of nitrogens with zero attached hydrogens (tertiary/aromatic N) is 1. The van der Waals surface area contributed by atoms with Crippen molar-refractivity contribution in [2.45, 2.75) is 6.92 Å². The van der Waals surface area contributed by atoms with E-state index in [-0.39, 0.29) is 0 Å². The van der Waals surface area contributed by atoms with E-state index < -0.39 is 0 Å². The van der Waals surface area contributed by atoms with E-state index in [1.807, 2.05) is 12.3 Å². The first-order valence-electron chi connectivity index (χ1n) is 3.89. The van der Waals surface area contributed by atoms with Gasteiger partial charge in [-0.05, 0) is 56.5 Å². The second kappa shape index (κ2) is 3.39. The molecule has 13 heavy (non-hydrogen) atoms. The van der Waals surface area contributed by atoms with Gasteiger partial charge in [-0.3, -0.25) is 4.98 Å². The van der Waals surface area contributed by atoms with E-state index in [0.29, 0.717) is 0 Å². The van der Waals surface area contributed by atoms with Crippen LogP contribution in [0.3, 0.4) is 0 Å². The summed E-state index contributed by atoms with van der Waals surface area (Å²) < 4.78 is 2.13. The topological polar surface area (TPSA) is 12.9 Å². The molecule has 0 spiro atoms. The van der Waals surface area contributed by atoms with E-state index in [0.717, 1.165) is 19.8 Å². The minimum atomic E-state index is 1.01. The monoisotopic (exact) mass is 299 g/mol. The maximum atomic E-state index is 4.31. The highest BCUT2D eigenvalue weighted by atomic mass is 79.9. The number of hydrogen-bond acceptors (Lipinski definition) is 1. The molecule has 0 unspecified atom stereocenters. The Bertz CT molecular complexity index is 460. The van der Waals surface area contributed by atoms with Gasteiger partial charge in [-0.1, -0.05) is 6.07 Å². The van der Waals surface area contributed by atoms with Crippen molar-refractivity contribution in [2.75, 3.05) is 0 Å². The molecule has 1 aromatic heterocycles. The summed E-state index contributed by atoms with van der Waals surface area (Å²) >= 11 is 6.96. The van der Waals surface area contributed by atoms with Crippen LogP contribution in [0.2, 0.25) is 0 Å². The third kappa shape index (κ3) is 1.63. The Morgan fingerprint density at radius 3 is 2.77 bits per heavy atom. The number of rotatable bonds is 0. The van der Waals surface area contributed by atoms with Crippen LogP contribution in [-0.4, -0.2) is 4.98 Å². The molecule has 66 valence electrons. The van der Waals surface area contributed by atoms with Crippen LogP contribution >= 0.6 is 31.9 Å². The largest absolute Gasteiger partial charge is 0.255 e.